The maximum absolute atomic E-state index is 2.59. The molecule has 0 radical (unpaired) electrons. The molecule has 0 aliphatic heterocycles. The molecule has 2 bridgehead atoms. The van der Waals surface area contributed by atoms with E-state index < -0.39 is 0 Å². The molecule has 0 heteroatoms. The topological polar surface area (TPSA) is 0 Å². The fraction of sp³-hybridized carbons (Fsp3) is 0.867. The third kappa shape index (κ3) is 0.905. The summed E-state index contributed by atoms with van der Waals surface area (Å²) in [5, 5.41) is 0. The van der Waals surface area contributed by atoms with E-state index in [1.165, 1.54) is 32.1 Å². The van der Waals surface area contributed by atoms with E-state index in [0.717, 1.165) is 5.92 Å². The lowest BCUT2D eigenvalue weighted by atomic mass is 9.59. The van der Waals surface area contributed by atoms with E-state index in [1.807, 2.05) is 0 Å². The first kappa shape index (κ1) is 9.93. The molecule has 0 N–H and O–H groups in total. The molecule has 0 spiro atoms. The third-order valence-corrected chi connectivity index (χ3v) is 6.29. The molecule has 3 aliphatic carbocycles. The van der Waals surface area contributed by atoms with Gasteiger partial charge in [-0.3, -0.25) is 0 Å². The summed E-state index contributed by atoms with van der Waals surface area (Å²) in [5.74, 6) is 0.980. The second-order valence-corrected chi connectivity index (χ2v) is 7.18. The second kappa shape index (κ2) is 2.52. The van der Waals surface area contributed by atoms with Crippen LogP contribution in [0, 0.1) is 22.2 Å². The van der Waals surface area contributed by atoms with Crippen LogP contribution in [0.3, 0.4) is 0 Å². The quantitative estimate of drug-likeness (QED) is 0.507. The van der Waals surface area contributed by atoms with Crippen LogP contribution in [0.15, 0.2) is 11.6 Å². The van der Waals surface area contributed by atoms with Crippen molar-refractivity contribution in [1.82, 2.24) is 0 Å². The van der Waals surface area contributed by atoms with Crippen LogP contribution in [0.4, 0.5) is 0 Å². The lowest BCUT2D eigenvalue weighted by molar-refractivity contribution is 0.114. The number of hydrogen-bond acceptors (Lipinski definition) is 0. The van der Waals surface area contributed by atoms with Gasteiger partial charge in [0.05, 0.1) is 0 Å². The van der Waals surface area contributed by atoms with E-state index in [2.05, 4.69) is 33.8 Å². The summed E-state index contributed by atoms with van der Waals surface area (Å²) in [5.41, 5.74) is 3.55. The van der Waals surface area contributed by atoms with Gasteiger partial charge in [0.25, 0.3) is 0 Å². The smallest absolute Gasteiger partial charge is 0.00289 e. The molecule has 0 aromatic carbocycles. The molecule has 1 unspecified atom stereocenters. The van der Waals surface area contributed by atoms with Crippen molar-refractivity contribution in [2.75, 3.05) is 0 Å². The Labute approximate surface area is 94.1 Å². The SMILES string of the molecule is CC1=CCC[C@@]2(C)C3CC[C@]12CC3(C)C. The molecule has 3 aliphatic rings. The molecule has 0 heterocycles. The molecule has 0 nitrogen and oxygen atoms in total. The first-order valence-corrected chi connectivity index (χ1v) is 6.60. The van der Waals surface area contributed by atoms with E-state index in [-0.39, 0.29) is 0 Å². The fourth-order valence-electron chi connectivity index (χ4n) is 5.76. The highest BCUT2D eigenvalue weighted by Gasteiger charge is 2.68. The Morgan fingerprint density at radius 3 is 2.53 bits per heavy atom. The van der Waals surface area contributed by atoms with Gasteiger partial charge in [0.1, 0.15) is 0 Å². The van der Waals surface area contributed by atoms with Crippen LogP contribution in [0.25, 0.3) is 0 Å². The molecule has 0 amide bonds. The van der Waals surface area contributed by atoms with Crippen molar-refractivity contribution in [3.8, 4) is 0 Å². The summed E-state index contributed by atoms with van der Waals surface area (Å²) in [6.45, 7) is 10.0. The van der Waals surface area contributed by atoms with Gasteiger partial charge in [-0.05, 0) is 61.2 Å². The standard InChI is InChI=1S/C15H24/c1-11-6-5-8-14(4)12-7-9-15(11,14)10-13(12,2)3/h6,12H,5,7-10H2,1-4H3/t12?,14-,15-/m0/s1. The zero-order chi connectivity index (χ0) is 10.9. The predicted octanol–water partition coefficient (Wildman–Crippen LogP) is 4.56. The summed E-state index contributed by atoms with van der Waals surface area (Å²) in [6, 6.07) is 0. The van der Waals surface area contributed by atoms with Gasteiger partial charge in [-0.15, -0.1) is 0 Å². The van der Waals surface area contributed by atoms with Crippen LogP contribution >= 0.6 is 0 Å². The molecule has 0 aromatic heterocycles. The highest BCUT2D eigenvalue weighted by atomic mass is 14.7. The Hall–Kier alpha value is -0.260. The largest absolute Gasteiger partial charge is 0.0850 e. The fourth-order valence-corrected chi connectivity index (χ4v) is 5.76. The summed E-state index contributed by atoms with van der Waals surface area (Å²) in [4.78, 5) is 0. The molecule has 3 rings (SSSR count). The summed E-state index contributed by atoms with van der Waals surface area (Å²) in [7, 11) is 0. The highest BCUT2D eigenvalue weighted by Crippen LogP contribution is 2.76. The normalized spacial score (nSPS) is 51.5. The summed E-state index contributed by atoms with van der Waals surface area (Å²) < 4.78 is 0. The molecule has 15 heavy (non-hydrogen) atoms. The van der Waals surface area contributed by atoms with Crippen LogP contribution in [0.1, 0.15) is 59.8 Å². The number of rotatable bonds is 0. The van der Waals surface area contributed by atoms with Crippen molar-refractivity contribution in [3.05, 3.63) is 11.6 Å². The lowest BCUT2D eigenvalue weighted by Crippen LogP contribution is -2.36. The van der Waals surface area contributed by atoms with Gasteiger partial charge in [0, 0.05) is 0 Å². The highest BCUT2D eigenvalue weighted by molar-refractivity contribution is 5.31. The van der Waals surface area contributed by atoms with E-state index in [1.54, 1.807) is 5.57 Å². The van der Waals surface area contributed by atoms with Gasteiger partial charge >= 0.3 is 0 Å². The van der Waals surface area contributed by atoms with Gasteiger partial charge in [-0.25, -0.2) is 0 Å². The number of hydrogen-bond donors (Lipinski definition) is 0. The van der Waals surface area contributed by atoms with Crippen molar-refractivity contribution >= 4 is 0 Å². The molecule has 2 saturated carbocycles. The minimum atomic E-state index is 0.590. The first-order chi connectivity index (χ1) is 6.92. The zero-order valence-corrected chi connectivity index (χ0v) is 10.7. The van der Waals surface area contributed by atoms with Gasteiger partial charge in [0.2, 0.25) is 0 Å². The van der Waals surface area contributed by atoms with Crippen molar-refractivity contribution in [1.29, 1.82) is 0 Å². The van der Waals surface area contributed by atoms with Crippen LogP contribution in [-0.4, -0.2) is 0 Å². The molecule has 84 valence electrons. The van der Waals surface area contributed by atoms with Crippen LogP contribution < -0.4 is 0 Å². The maximum atomic E-state index is 2.59. The summed E-state index contributed by atoms with van der Waals surface area (Å²) >= 11 is 0. The molecular formula is C15H24. The van der Waals surface area contributed by atoms with Crippen molar-refractivity contribution in [2.24, 2.45) is 22.2 Å². The molecule has 2 fully saturated rings. The van der Waals surface area contributed by atoms with E-state index >= 15 is 0 Å². The van der Waals surface area contributed by atoms with Gasteiger partial charge in [-0.1, -0.05) is 32.4 Å². The monoisotopic (exact) mass is 204 g/mol. The van der Waals surface area contributed by atoms with Crippen LogP contribution in [-0.2, 0) is 0 Å². The predicted molar refractivity (Wildman–Crippen MR) is 64.7 cm³/mol. The second-order valence-electron chi connectivity index (χ2n) is 7.18. The Morgan fingerprint density at radius 2 is 1.93 bits per heavy atom. The Morgan fingerprint density at radius 1 is 1.20 bits per heavy atom. The average Bonchev–Trinajstić information content (AvgIpc) is 2.50. The van der Waals surface area contributed by atoms with E-state index in [9.17, 15) is 0 Å². The minimum absolute atomic E-state index is 0.590. The third-order valence-electron chi connectivity index (χ3n) is 6.29. The van der Waals surface area contributed by atoms with Gasteiger partial charge in [-0.2, -0.15) is 0 Å². The Balaban J connectivity index is 2.17. The van der Waals surface area contributed by atoms with Crippen molar-refractivity contribution in [3.63, 3.8) is 0 Å². The van der Waals surface area contributed by atoms with Gasteiger partial charge in [0.15, 0.2) is 0 Å². The van der Waals surface area contributed by atoms with E-state index in [0.29, 0.717) is 16.2 Å². The lowest BCUT2D eigenvalue weighted by Gasteiger charge is -2.45. The summed E-state index contributed by atoms with van der Waals surface area (Å²) in [6.07, 6.45) is 9.71. The minimum Gasteiger partial charge on any atom is -0.0850 e. The molecule has 3 atom stereocenters. The molecular weight excluding hydrogens is 180 g/mol. The van der Waals surface area contributed by atoms with Crippen LogP contribution in [0.2, 0.25) is 0 Å². The Bertz CT molecular complexity index is 336. The molecule has 0 saturated heterocycles. The zero-order valence-electron chi connectivity index (χ0n) is 10.7. The maximum Gasteiger partial charge on any atom is -0.00289 e. The first-order valence-electron chi connectivity index (χ1n) is 6.60. The van der Waals surface area contributed by atoms with Crippen LogP contribution in [0.5, 0.6) is 0 Å². The number of allylic oxidation sites excluding steroid dienone is 2. The van der Waals surface area contributed by atoms with E-state index in [4.69, 9.17) is 0 Å². The average molecular weight is 204 g/mol. The van der Waals surface area contributed by atoms with Crippen molar-refractivity contribution < 1.29 is 0 Å². The van der Waals surface area contributed by atoms with Gasteiger partial charge < -0.3 is 0 Å². The Kier molecular flexibility index (Phi) is 1.67. The van der Waals surface area contributed by atoms with Crippen molar-refractivity contribution in [2.45, 2.75) is 59.8 Å². The molecule has 0 aromatic rings.